The maximum Gasteiger partial charge on any atom is 0.227 e. The first-order valence-corrected chi connectivity index (χ1v) is 5.36. The third-order valence-electron chi connectivity index (χ3n) is 2.68. The second-order valence-electron chi connectivity index (χ2n) is 3.83. The van der Waals surface area contributed by atoms with Gasteiger partial charge in [-0.3, -0.25) is 4.79 Å². The van der Waals surface area contributed by atoms with Crippen LogP contribution in [0.1, 0.15) is 12.5 Å². The van der Waals surface area contributed by atoms with Gasteiger partial charge in [-0.05, 0) is 24.6 Å². The number of hydrogen-bond donors (Lipinski definition) is 0. The number of hydrogen-bond acceptors (Lipinski definition) is 3. The molecule has 0 saturated carbocycles. The van der Waals surface area contributed by atoms with Crippen LogP contribution in [0, 0.1) is 11.3 Å². The van der Waals surface area contributed by atoms with Crippen molar-refractivity contribution in [3.63, 3.8) is 0 Å². The van der Waals surface area contributed by atoms with Crippen LogP contribution in [-0.2, 0) is 11.2 Å². The molecule has 0 heterocycles. The molecule has 0 radical (unpaired) electrons. The van der Waals surface area contributed by atoms with Crippen LogP contribution in [0.4, 0.5) is 0 Å². The number of nitriles is 1. The van der Waals surface area contributed by atoms with E-state index in [0.717, 1.165) is 11.3 Å². The Morgan fingerprint density at radius 2 is 2.06 bits per heavy atom. The molecule has 1 amide bonds. The summed E-state index contributed by atoms with van der Waals surface area (Å²) in [6, 6.07) is 8.96. The maximum atomic E-state index is 11.8. The van der Waals surface area contributed by atoms with Gasteiger partial charge >= 0.3 is 0 Å². The van der Waals surface area contributed by atoms with Gasteiger partial charge in [0, 0.05) is 7.05 Å². The molecule has 0 bridgehead atoms. The van der Waals surface area contributed by atoms with Crippen LogP contribution in [0.25, 0.3) is 0 Å². The topological polar surface area (TPSA) is 53.3 Å². The summed E-state index contributed by atoms with van der Waals surface area (Å²) in [6.45, 7) is 1.70. The molecule has 0 aliphatic heterocycles. The first-order chi connectivity index (χ1) is 8.08. The molecular weight excluding hydrogens is 216 g/mol. The first kappa shape index (κ1) is 13.0. The molecular formula is C13H16N2O2. The van der Waals surface area contributed by atoms with E-state index < -0.39 is 6.04 Å². The Morgan fingerprint density at radius 3 is 2.53 bits per heavy atom. The zero-order chi connectivity index (χ0) is 12.8. The molecule has 1 aromatic rings. The second-order valence-corrected chi connectivity index (χ2v) is 3.83. The lowest BCUT2D eigenvalue weighted by Gasteiger charge is -2.19. The summed E-state index contributed by atoms with van der Waals surface area (Å²) in [5, 5.41) is 8.73. The van der Waals surface area contributed by atoms with Crippen molar-refractivity contribution in [2.24, 2.45) is 0 Å². The fourth-order valence-electron chi connectivity index (χ4n) is 1.35. The summed E-state index contributed by atoms with van der Waals surface area (Å²) in [6.07, 6.45) is 0.298. The molecule has 1 rings (SSSR count). The van der Waals surface area contributed by atoms with Gasteiger partial charge in [-0.2, -0.15) is 5.26 Å². The van der Waals surface area contributed by atoms with Gasteiger partial charge in [0.1, 0.15) is 11.8 Å². The van der Waals surface area contributed by atoms with Crippen molar-refractivity contribution in [1.82, 2.24) is 4.90 Å². The number of carbonyl (C=O) groups is 1. The minimum atomic E-state index is -0.402. The van der Waals surface area contributed by atoms with Crippen LogP contribution in [0.5, 0.6) is 5.75 Å². The summed E-state index contributed by atoms with van der Waals surface area (Å²) in [5.41, 5.74) is 0.910. The highest BCUT2D eigenvalue weighted by Gasteiger charge is 2.15. The predicted molar refractivity (Wildman–Crippen MR) is 64.5 cm³/mol. The van der Waals surface area contributed by atoms with Crippen LogP contribution in [0.15, 0.2) is 24.3 Å². The Kier molecular flexibility index (Phi) is 4.53. The van der Waals surface area contributed by atoms with E-state index >= 15 is 0 Å². The summed E-state index contributed by atoms with van der Waals surface area (Å²) in [5.74, 6) is 0.698. The quantitative estimate of drug-likeness (QED) is 0.792. The number of methoxy groups -OCH3 is 1. The second kappa shape index (κ2) is 5.90. The molecule has 1 unspecified atom stereocenters. The van der Waals surface area contributed by atoms with Gasteiger partial charge < -0.3 is 9.64 Å². The summed E-state index contributed by atoms with van der Waals surface area (Å²) >= 11 is 0. The minimum Gasteiger partial charge on any atom is -0.497 e. The zero-order valence-corrected chi connectivity index (χ0v) is 10.3. The molecule has 0 aliphatic carbocycles. The number of likely N-dealkylation sites (N-methyl/N-ethyl adjacent to an activating group) is 1. The highest BCUT2D eigenvalue weighted by atomic mass is 16.5. The molecule has 0 spiro atoms. The van der Waals surface area contributed by atoms with Gasteiger partial charge in [0.25, 0.3) is 0 Å². The standard InChI is InChI=1S/C13H16N2O2/c1-10(9-14)15(2)13(16)8-11-4-6-12(17-3)7-5-11/h4-7,10H,8H2,1-3H3. The molecule has 0 aromatic heterocycles. The van der Waals surface area contributed by atoms with E-state index in [0.29, 0.717) is 6.42 Å². The molecule has 4 heteroatoms. The SMILES string of the molecule is COc1ccc(CC(=O)N(C)C(C)C#N)cc1. The fourth-order valence-corrected chi connectivity index (χ4v) is 1.35. The Balaban J connectivity index is 2.65. The molecule has 1 atom stereocenters. The number of amides is 1. The van der Waals surface area contributed by atoms with Crippen molar-refractivity contribution in [3.05, 3.63) is 29.8 Å². The molecule has 0 fully saturated rings. The Bertz CT molecular complexity index is 420. The normalized spacial score (nSPS) is 11.4. The third kappa shape index (κ3) is 3.49. The largest absolute Gasteiger partial charge is 0.497 e. The molecule has 0 saturated heterocycles. The van der Waals surface area contributed by atoms with Crippen LogP contribution >= 0.6 is 0 Å². The number of rotatable bonds is 4. The lowest BCUT2D eigenvalue weighted by atomic mass is 10.1. The van der Waals surface area contributed by atoms with E-state index in [1.807, 2.05) is 30.3 Å². The number of benzene rings is 1. The zero-order valence-electron chi connectivity index (χ0n) is 10.3. The van der Waals surface area contributed by atoms with Gasteiger partial charge in [0.15, 0.2) is 0 Å². The summed E-state index contributed by atoms with van der Waals surface area (Å²) in [7, 11) is 3.24. The number of nitrogens with zero attached hydrogens (tertiary/aromatic N) is 2. The fraction of sp³-hybridized carbons (Fsp3) is 0.385. The van der Waals surface area contributed by atoms with Gasteiger partial charge in [-0.15, -0.1) is 0 Å². The van der Waals surface area contributed by atoms with Gasteiger partial charge in [0.05, 0.1) is 19.6 Å². The van der Waals surface area contributed by atoms with E-state index in [4.69, 9.17) is 10.00 Å². The molecule has 0 N–H and O–H groups in total. The van der Waals surface area contributed by atoms with E-state index in [1.54, 1.807) is 21.1 Å². The predicted octanol–water partition coefficient (Wildman–Crippen LogP) is 1.61. The molecule has 17 heavy (non-hydrogen) atoms. The van der Waals surface area contributed by atoms with E-state index in [9.17, 15) is 4.79 Å². The highest BCUT2D eigenvalue weighted by molar-refractivity contribution is 5.79. The van der Waals surface area contributed by atoms with Crippen molar-refractivity contribution in [1.29, 1.82) is 5.26 Å². The maximum absolute atomic E-state index is 11.8. The van der Waals surface area contributed by atoms with Gasteiger partial charge in [0.2, 0.25) is 5.91 Å². The lowest BCUT2D eigenvalue weighted by Crippen LogP contribution is -2.35. The lowest BCUT2D eigenvalue weighted by molar-refractivity contribution is -0.130. The molecule has 90 valence electrons. The van der Waals surface area contributed by atoms with Crippen LogP contribution in [-0.4, -0.2) is 31.0 Å². The van der Waals surface area contributed by atoms with Crippen molar-refractivity contribution in [2.45, 2.75) is 19.4 Å². The van der Waals surface area contributed by atoms with Crippen LogP contribution in [0.3, 0.4) is 0 Å². The van der Waals surface area contributed by atoms with E-state index in [-0.39, 0.29) is 5.91 Å². The minimum absolute atomic E-state index is 0.0655. The van der Waals surface area contributed by atoms with E-state index in [1.165, 1.54) is 4.90 Å². The summed E-state index contributed by atoms with van der Waals surface area (Å²) in [4.78, 5) is 13.3. The van der Waals surface area contributed by atoms with Crippen molar-refractivity contribution < 1.29 is 9.53 Å². The van der Waals surface area contributed by atoms with Gasteiger partial charge in [-0.25, -0.2) is 0 Å². The van der Waals surface area contributed by atoms with Crippen molar-refractivity contribution in [2.75, 3.05) is 14.2 Å². The number of carbonyl (C=O) groups excluding carboxylic acids is 1. The van der Waals surface area contributed by atoms with Crippen LogP contribution in [0.2, 0.25) is 0 Å². The Morgan fingerprint density at radius 1 is 1.47 bits per heavy atom. The average molecular weight is 232 g/mol. The highest BCUT2D eigenvalue weighted by Crippen LogP contribution is 2.12. The van der Waals surface area contributed by atoms with Crippen molar-refractivity contribution in [3.8, 4) is 11.8 Å². The van der Waals surface area contributed by atoms with Crippen molar-refractivity contribution >= 4 is 5.91 Å². The monoisotopic (exact) mass is 232 g/mol. The smallest absolute Gasteiger partial charge is 0.227 e. The summed E-state index contributed by atoms with van der Waals surface area (Å²) < 4.78 is 5.04. The molecule has 1 aromatic carbocycles. The molecule has 0 aliphatic rings. The Hall–Kier alpha value is -2.02. The van der Waals surface area contributed by atoms with Gasteiger partial charge in [-0.1, -0.05) is 12.1 Å². The molecule has 4 nitrogen and oxygen atoms in total. The van der Waals surface area contributed by atoms with Crippen LogP contribution < -0.4 is 4.74 Å². The third-order valence-corrected chi connectivity index (χ3v) is 2.68. The van der Waals surface area contributed by atoms with E-state index in [2.05, 4.69) is 0 Å². The number of ether oxygens (including phenoxy) is 1. The first-order valence-electron chi connectivity index (χ1n) is 5.36. The average Bonchev–Trinajstić information content (AvgIpc) is 2.37. The Labute approximate surface area is 101 Å².